The highest BCUT2D eigenvalue weighted by molar-refractivity contribution is 9.11. The lowest BCUT2D eigenvalue weighted by Crippen LogP contribution is -2.37. The van der Waals surface area contributed by atoms with Crippen LogP contribution in [-0.2, 0) is 10.0 Å². The molecule has 0 bridgehead atoms. The molecule has 1 N–H and O–H groups in total. The molecule has 1 aliphatic carbocycles. The molecule has 1 heterocycles. The molecule has 0 spiro atoms. The number of thiophene rings is 1. The van der Waals surface area contributed by atoms with Gasteiger partial charge in [-0.15, -0.1) is 11.3 Å². The summed E-state index contributed by atoms with van der Waals surface area (Å²) in [6.07, 6.45) is 3.75. The number of sulfonamides is 1. The molecule has 1 aliphatic rings. The summed E-state index contributed by atoms with van der Waals surface area (Å²) < 4.78 is 28.0. The minimum absolute atomic E-state index is 0.0310. The number of halogens is 3. The van der Waals surface area contributed by atoms with Gasteiger partial charge in [0.25, 0.3) is 0 Å². The van der Waals surface area contributed by atoms with Gasteiger partial charge < -0.3 is 0 Å². The van der Waals surface area contributed by atoms with Crippen LogP contribution in [0.2, 0.25) is 5.02 Å². The highest BCUT2D eigenvalue weighted by Crippen LogP contribution is 2.35. The van der Waals surface area contributed by atoms with Crippen LogP contribution in [0, 0.1) is 0 Å². The standard InChI is InChI=1S/C10H12Br2ClNO2S2/c11-6-1-3-7(4-2-6)14-18(15,16)9-5-8(13)10(12)17-9/h5-7,14H,1-4H2. The lowest BCUT2D eigenvalue weighted by molar-refractivity contribution is 0.423. The van der Waals surface area contributed by atoms with Crippen LogP contribution in [0.4, 0.5) is 0 Å². The zero-order valence-corrected chi connectivity index (χ0v) is 14.9. The Morgan fingerprint density at radius 2 is 1.94 bits per heavy atom. The largest absolute Gasteiger partial charge is 0.250 e. The third-order valence-electron chi connectivity index (χ3n) is 2.87. The Balaban J connectivity index is 2.08. The molecule has 8 heteroatoms. The van der Waals surface area contributed by atoms with E-state index in [2.05, 4.69) is 36.6 Å². The van der Waals surface area contributed by atoms with Gasteiger partial charge in [-0.2, -0.15) is 0 Å². The number of rotatable bonds is 3. The first kappa shape index (κ1) is 15.3. The molecule has 102 valence electrons. The van der Waals surface area contributed by atoms with Gasteiger partial charge in [-0.3, -0.25) is 0 Å². The summed E-state index contributed by atoms with van der Waals surface area (Å²) in [6.45, 7) is 0. The first-order valence-corrected chi connectivity index (χ1v) is 9.88. The molecule has 1 fully saturated rings. The SMILES string of the molecule is O=S(=O)(NC1CCC(Br)CC1)c1cc(Cl)c(Br)s1. The molecule has 0 aliphatic heterocycles. The molecule has 0 radical (unpaired) electrons. The summed E-state index contributed by atoms with van der Waals surface area (Å²) in [5, 5.41) is 0.435. The Morgan fingerprint density at radius 1 is 1.33 bits per heavy atom. The van der Waals surface area contributed by atoms with Gasteiger partial charge in [0, 0.05) is 10.9 Å². The third kappa shape index (κ3) is 3.70. The minimum Gasteiger partial charge on any atom is -0.207 e. The van der Waals surface area contributed by atoms with Gasteiger partial charge >= 0.3 is 0 Å². The van der Waals surface area contributed by atoms with Crippen LogP contribution < -0.4 is 4.72 Å². The van der Waals surface area contributed by atoms with E-state index in [-0.39, 0.29) is 10.3 Å². The average Bonchev–Trinajstić information content (AvgIpc) is 2.63. The van der Waals surface area contributed by atoms with Crippen LogP contribution in [0.5, 0.6) is 0 Å². The number of hydrogen-bond donors (Lipinski definition) is 1. The van der Waals surface area contributed by atoms with Gasteiger partial charge in [0.1, 0.15) is 4.21 Å². The van der Waals surface area contributed by atoms with E-state index in [1.807, 2.05) is 0 Å². The van der Waals surface area contributed by atoms with Crippen molar-refractivity contribution in [2.75, 3.05) is 0 Å². The number of nitrogens with one attached hydrogen (secondary N) is 1. The van der Waals surface area contributed by atoms with E-state index in [0.29, 0.717) is 13.6 Å². The molecule has 0 saturated heterocycles. The van der Waals surface area contributed by atoms with Crippen molar-refractivity contribution in [3.8, 4) is 0 Å². The smallest absolute Gasteiger partial charge is 0.207 e. The minimum atomic E-state index is -3.44. The van der Waals surface area contributed by atoms with Crippen molar-refractivity contribution in [2.45, 2.75) is 40.8 Å². The fourth-order valence-electron chi connectivity index (χ4n) is 1.91. The first-order valence-electron chi connectivity index (χ1n) is 5.50. The monoisotopic (exact) mass is 435 g/mol. The number of hydrogen-bond acceptors (Lipinski definition) is 3. The van der Waals surface area contributed by atoms with Gasteiger partial charge in [-0.25, -0.2) is 13.1 Å². The van der Waals surface area contributed by atoms with Crippen molar-refractivity contribution in [3.63, 3.8) is 0 Å². The summed E-state index contributed by atoms with van der Waals surface area (Å²) in [6, 6.07) is 1.51. The maximum absolute atomic E-state index is 12.2. The van der Waals surface area contributed by atoms with Crippen molar-refractivity contribution < 1.29 is 8.42 Å². The average molecular weight is 438 g/mol. The maximum Gasteiger partial charge on any atom is 0.250 e. The van der Waals surface area contributed by atoms with E-state index in [4.69, 9.17) is 11.6 Å². The summed E-state index contributed by atoms with van der Waals surface area (Å²) in [7, 11) is -3.44. The Kier molecular flexibility index (Phi) is 5.17. The van der Waals surface area contributed by atoms with Crippen molar-refractivity contribution >= 4 is 64.8 Å². The zero-order chi connectivity index (χ0) is 13.3. The normalized spacial score (nSPS) is 25.3. The molecule has 3 nitrogen and oxygen atoms in total. The van der Waals surface area contributed by atoms with E-state index < -0.39 is 10.0 Å². The van der Waals surface area contributed by atoms with Crippen LogP contribution >= 0.6 is 54.8 Å². The summed E-state index contributed by atoms with van der Waals surface area (Å²) in [4.78, 5) is 0.517. The first-order chi connectivity index (χ1) is 8.38. The Morgan fingerprint density at radius 3 is 2.44 bits per heavy atom. The van der Waals surface area contributed by atoms with Crippen LogP contribution in [-0.4, -0.2) is 19.3 Å². The molecule has 1 saturated carbocycles. The second-order valence-electron chi connectivity index (χ2n) is 4.26. The van der Waals surface area contributed by atoms with Crippen molar-refractivity contribution in [3.05, 3.63) is 14.9 Å². The van der Waals surface area contributed by atoms with E-state index in [9.17, 15) is 8.42 Å². The van der Waals surface area contributed by atoms with Crippen LogP contribution in [0.15, 0.2) is 14.1 Å². The fourth-order valence-corrected chi connectivity index (χ4v) is 6.16. The van der Waals surface area contributed by atoms with Crippen LogP contribution in [0.3, 0.4) is 0 Å². The molecule has 0 amide bonds. The van der Waals surface area contributed by atoms with Gasteiger partial charge in [0.2, 0.25) is 10.0 Å². The van der Waals surface area contributed by atoms with E-state index >= 15 is 0 Å². The third-order valence-corrected chi connectivity index (χ3v) is 8.25. The van der Waals surface area contributed by atoms with E-state index in [0.717, 1.165) is 37.0 Å². The lowest BCUT2D eigenvalue weighted by atomic mass is 9.96. The summed E-state index contributed by atoms with van der Waals surface area (Å²) >= 11 is 13.8. The predicted octanol–water partition coefficient (Wildman–Crippen LogP) is 4.15. The highest BCUT2D eigenvalue weighted by Gasteiger charge is 2.26. The molecule has 1 aromatic rings. The van der Waals surface area contributed by atoms with Crippen molar-refractivity contribution in [2.24, 2.45) is 0 Å². The second-order valence-corrected chi connectivity index (χ2v) is 10.3. The van der Waals surface area contributed by atoms with Crippen molar-refractivity contribution in [1.82, 2.24) is 4.72 Å². The van der Waals surface area contributed by atoms with Crippen LogP contribution in [0.1, 0.15) is 25.7 Å². The quantitative estimate of drug-likeness (QED) is 0.722. The zero-order valence-electron chi connectivity index (χ0n) is 9.33. The van der Waals surface area contributed by atoms with Gasteiger partial charge in [0.05, 0.1) is 8.81 Å². The Labute approximate surface area is 133 Å². The fraction of sp³-hybridized carbons (Fsp3) is 0.600. The maximum atomic E-state index is 12.2. The summed E-state index contributed by atoms with van der Waals surface area (Å²) in [5.74, 6) is 0. The molecular formula is C10H12Br2ClNO2S2. The molecule has 0 aromatic carbocycles. The molecule has 0 unspecified atom stereocenters. The van der Waals surface area contributed by atoms with Crippen LogP contribution in [0.25, 0.3) is 0 Å². The molecule has 1 aromatic heterocycles. The van der Waals surface area contributed by atoms with E-state index in [1.54, 1.807) is 0 Å². The molecular weight excluding hydrogens is 426 g/mol. The van der Waals surface area contributed by atoms with Crippen molar-refractivity contribution in [1.29, 1.82) is 0 Å². The van der Waals surface area contributed by atoms with Gasteiger partial charge in [-0.05, 0) is 47.7 Å². The van der Waals surface area contributed by atoms with E-state index in [1.165, 1.54) is 6.07 Å². The topological polar surface area (TPSA) is 46.2 Å². The predicted molar refractivity (Wildman–Crippen MR) is 82.3 cm³/mol. The molecule has 2 rings (SSSR count). The Hall–Kier alpha value is 0.860. The molecule has 0 atom stereocenters. The number of alkyl halides is 1. The molecule has 18 heavy (non-hydrogen) atoms. The highest BCUT2D eigenvalue weighted by atomic mass is 79.9. The summed E-state index contributed by atoms with van der Waals surface area (Å²) in [5.41, 5.74) is 0. The van der Waals surface area contributed by atoms with Gasteiger partial charge in [0.15, 0.2) is 0 Å². The lowest BCUT2D eigenvalue weighted by Gasteiger charge is -2.25. The van der Waals surface area contributed by atoms with Gasteiger partial charge in [-0.1, -0.05) is 27.5 Å². The Bertz CT molecular complexity index is 504. The second kappa shape index (κ2) is 6.10.